The Morgan fingerprint density at radius 1 is 1.20 bits per heavy atom. The first kappa shape index (κ1) is 17.9. The molecule has 134 valence electrons. The molecule has 2 aromatic rings. The molecule has 0 unspecified atom stereocenters. The van der Waals surface area contributed by atoms with E-state index in [2.05, 4.69) is 47.5 Å². The molecule has 1 aliphatic rings. The van der Waals surface area contributed by atoms with Crippen LogP contribution in [0, 0.1) is 11.8 Å². The molecule has 0 amide bonds. The van der Waals surface area contributed by atoms with Crippen molar-refractivity contribution in [3.05, 3.63) is 10.4 Å². The highest BCUT2D eigenvalue weighted by molar-refractivity contribution is 8.00. The van der Waals surface area contributed by atoms with Crippen LogP contribution in [-0.2, 0) is 6.54 Å². The highest BCUT2D eigenvalue weighted by Gasteiger charge is 2.23. The van der Waals surface area contributed by atoms with Crippen LogP contribution in [-0.4, -0.2) is 37.4 Å². The summed E-state index contributed by atoms with van der Waals surface area (Å²) in [5.74, 6) is 6.79. The lowest BCUT2D eigenvalue weighted by Crippen LogP contribution is -2.32. The molecule has 2 aromatic heterocycles. The standard InChI is InChI=1S/C18H25N5OS/c1-5-6-12-23-13-14(20-17(23)22-10-8-7-9-11-22)19-16(21-15(13)24)25-18(2,3)4/h7-12H2,1-4H3,(H,19,21,24). The van der Waals surface area contributed by atoms with Gasteiger partial charge in [-0.25, -0.2) is 4.98 Å². The molecule has 1 N–H and O–H groups in total. The molecule has 0 atom stereocenters. The Morgan fingerprint density at radius 2 is 1.92 bits per heavy atom. The van der Waals surface area contributed by atoms with E-state index in [4.69, 9.17) is 4.98 Å². The summed E-state index contributed by atoms with van der Waals surface area (Å²) in [5.41, 5.74) is 0.876. The number of rotatable bonds is 3. The Kier molecular flexibility index (Phi) is 5.09. The zero-order valence-corrected chi connectivity index (χ0v) is 16.2. The zero-order chi connectivity index (χ0) is 18.0. The van der Waals surface area contributed by atoms with Crippen LogP contribution < -0.4 is 10.5 Å². The van der Waals surface area contributed by atoms with Gasteiger partial charge in [0.1, 0.15) is 0 Å². The third kappa shape index (κ3) is 4.01. The average molecular weight is 359 g/mol. The SMILES string of the molecule is CC#CCn1c(N2CCCCC2)nc2nc(SC(C)(C)C)[nH]c(=O)c21. The Bertz CT molecular complexity index is 875. The van der Waals surface area contributed by atoms with Gasteiger partial charge in [0.05, 0.1) is 6.54 Å². The van der Waals surface area contributed by atoms with Crippen molar-refractivity contribution in [1.29, 1.82) is 0 Å². The van der Waals surface area contributed by atoms with Crippen molar-refractivity contribution < 1.29 is 0 Å². The largest absolute Gasteiger partial charge is 0.342 e. The molecule has 3 rings (SSSR count). The predicted octanol–water partition coefficient (Wildman–Crippen LogP) is 3.02. The normalized spacial score (nSPS) is 15.3. The Morgan fingerprint density at radius 3 is 2.56 bits per heavy atom. The van der Waals surface area contributed by atoms with Crippen LogP contribution in [0.3, 0.4) is 0 Å². The van der Waals surface area contributed by atoms with Gasteiger partial charge in [-0.2, -0.15) is 4.98 Å². The summed E-state index contributed by atoms with van der Waals surface area (Å²) >= 11 is 1.54. The molecule has 0 spiro atoms. The summed E-state index contributed by atoms with van der Waals surface area (Å²) in [5, 5.41) is 0.612. The summed E-state index contributed by atoms with van der Waals surface area (Å²) in [6.07, 6.45) is 3.55. The first-order chi connectivity index (χ1) is 11.9. The summed E-state index contributed by atoms with van der Waals surface area (Å²) in [7, 11) is 0. The molecule has 1 saturated heterocycles. The maximum Gasteiger partial charge on any atom is 0.277 e. The molecule has 1 aliphatic heterocycles. The van der Waals surface area contributed by atoms with Crippen molar-refractivity contribution in [2.75, 3.05) is 18.0 Å². The summed E-state index contributed by atoms with van der Waals surface area (Å²) in [6.45, 7) is 10.5. The van der Waals surface area contributed by atoms with E-state index in [1.165, 1.54) is 6.42 Å². The first-order valence-corrected chi connectivity index (χ1v) is 9.55. The zero-order valence-electron chi connectivity index (χ0n) is 15.3. The molecule has 1 fully saturated rings. The number of hydrogen-bond donors (Lipinski definition) is 1. The highest BCUT2D eigenvalue weighted by Crippen LogP contribution is 2.30. The van der Waals surface area contributed by atoms with Crippen LogP contribution in [0.1, 0.15) is 47.0 Å². The van der Waals surface area contributed by atoms with Gasteiger partial charge in [0.15, 0.2) is 16.3 Å². The van der Waals surface area contributed by atoms with Crippen LogP contribution in [0.2, 0.25) is 0 Å². The number of thioether (sulfide) groups is 1. The van der Waals surface area contributed by atoms with Gasteiger partial charge < -0.3 is 4.90 Å². The number of anilines is 1. The number of nitrogens with zero attached hydrogens (tertiary/aromatic N) is 4. The number of piperidine rings is 1. The molecular weight excluding hydrogens is 334 g/mol. The van der Waals surface area contributed by atoms with Crippen LogP contribution in [0.4, 0.5) is 5.95 Å². The summed E-state index contributed by atoms with van der Waals surface area (Å²) in [4.78, 5) is 27.2. The van der Waals surface area contributed by atoms with Crippen molar-refractivity contribution >= 4 is 28.9 Å². The van der Waals surface area contributed by atoms with Gasteiger partial charge >= 0.3 is 0 Å². The number of fused-ring (bicyclic) bond motifs is 1. The van der Waals surface area contributed by atoms with E-state index in [1.54, 1.807) is 18.7 Å². The number of hydrogen-bond acceptors (Lipinski definition) is 5. The number of imidazole rings is 1. The topological polar surface area (TPSA) is 66.8 Å². The van der Waals surface area contributed by atoms with E-state index in [9.17, 15) is 4.79 Å². The van der Waals surface area contributed by atoms with E-state index < -0.39 is 0 Å². The van der Waals surface area contributed by atoms with E-state index in [0.29, 0.717) is 22.9 Å². The first-order valence-electron chi connectivity index (χ1n) is 8.73. The number of nitrogens with one attached hydrogen (secondary N) is 1. The Labute approximate surface area is 152 Å². The van der Waals surface area contributed by atoms with Gasteiger partial charge in [0.25, 0.3) is 5.56 Å². The fourth-order valence-corrected chi connectivity index (χ4v) is 3.85. The van der Waals surface area contributed by atoms with Gasteiger partial charge in [0, 0.05) is 17.8 Å². The van der Waals surface area contributed by atoms with E-state index in [-0.39, 0.29) is 10.3 Å². The van der Waals surface area contributed by atoms with Gasteiger partial charge in [-0.3, -0.25) is 14.3 Å². The summed E-state index contributed by atoms with van der Waals surface area (Å²) < 4.78 is 1.88. The molecule has 25 heavy (non-hydrogen) atoms. The monoisotopic (exact) mass is 359 g/mol. The van der Waals surface area contributed by atoms with E-state index in [1.807, 2.05) is 4.57 Å². The molecule has 3 heterocycles. The second-order valence-corrected chi connectivity index (χ2v) is 9.05. The number of H-pyrrole nitrogens is 1. The van der Waals surface area contributed by atoms with Crippen LogP contribution >= 0.6 is 11.8 Å². The lowest BCUT2D eigenvalue weighted by Gasteiger charge is -2.27. The quantitative estimate of drug-likeness (QED) is 0.518. The number of aromatic nitrogens is 4. The van der Waals surface area contributed by atoms with Gasteiger partial charge in [0.2, 0.25) is 5.95 Å². The van der Waals surface area contributed by atoms with Crippen LogP contribution in [0.15, 0.2) is 9.95 Å². The van der Waals surface area contributed by atoms with E-state index >= 15 is 0 Å². The van der Waals surface area contributed by atoms with Crippen LogP contribution in [0.25, 0.3) is 11.2 Å². The molecule has 0 bridgehead atoms. The third-order valence-corrected chi connectivity index (χ3v) is 5.03. The highest BCUT2D eigenvalue weighted by atomic mass is 32.2. The predicted molar refractivity (Wildman–Crippen MR) is 103 cm³/mol. The van der Waals surface area contributed by atoms with Gasteiger partial charge in [-0.05, 0) is 26.2 Å². The van der Waals surface area contributed by atoms with Crippen molar-refractivity contribution in [1.82, 2.24) is 19.5 Å². The molecule has 0 radical (unpaired) electrons. The van der Waals surface area contributed by atoms with Crippen LogP contribution in [0.5, 0.6) is 0 Å². The van der Waals surface area contributed by atoms with Crippen molar-refractivity contribution in [2.24, 2.45) is 0 Å². The lowest BCUT2D eigenvalue weighted by atomic mass is 10.1. The maximum atomic E-state index is 12.7. The minimum absolute atomic E-state index is 0.0322. The number of aromatic amines is 1. The molecule has 6 nitrogen and oxygen atoms in total. The molecule has 0 aromatic carbocycles. The third-order valence-electron chi connectivity index (χ3n) is 4.03. The van der Waals surface area contributed by atoms with Crippen molar-refractivity contribution in [3.63, 3.8) is 0 Å². The molecule has 0 aliphatic carbocycles. The minimum Gasteiger partial charge on any atom is -0.342 e. The van der Waals surface area contributed by atoms with Crippen molar-refractivity contribution in [2.45, 2.75) is 63.4 Å². The lowest BCUT2D eigenvalue weighted by molar-refractivity contribution is 0.561. The average Bonchev–Trinajstić information content (AvgIpc) is 2.91. The van der Waals surface area contributed by atoms with E-state index in [0.717, 1.165) is 31.9 Å². The van der Waals surface area contributed by atoms with Gasteiger partial charge in [-0.1, -0.05) is 38.5 Å². The second kappa shape index (κ2) is 7.12. The Hall–Kier alpha value is -1.94. The molecule has 7 heteroatoms. The maximum absolute atomic E-state index is 12.7. The second-order valence-electron chi connectivity index (χ2n) is 7.23. The minimum atomic E-state index is -0.148. The Balaban J connectivity index is 2.12. The van der Waals surface area contributed by atoms with Crippen molar-refractivity contribution in [3.8, 4) is 11.8 Å². The van der Waals surface area contributed by atoms with Gasteiger partial charge in [-0.15, -0.1) is 5.92 Å². The fourth-order valence-electron chi connectivity index (χ4n) is 2.99. The molecule has 0 saturated carbocycles. The molecular formula is C18H25N5OS. The fraction of sp³-hybridized carbons (Fsp3) is 0.611. The smallest absolute Gasteiger partial charge is 0.277 e. The summed E-state index contributed by atoms with van der Waals surface area (Å²) in [6, 6.07) is 0.